The number of rotatable bonds is 8. The topological polar surface area (TPSA) is 71.5 Å². The molecule has 0 saturated heterocycles. The number of carbonyl (C=O) groups excluding carboxylic acids is 2. The third kappa shape index (κ3) is 4.54. The summed E-state index contributed by atoms with van der Waals surface area (Å²) in [5, 5.41) is 0.342. The van der Waals surface area contributed by atoms with Crippen LogP contribution in [0.1, 0.15) is 43.0 Å². The molecular weight excluding hydrogens is 338 g/mol. The quantitative estimate of drug-likeness (QED) is 0.529. The first-order valence-corrected chi connectivity index (χ1v) is 9.79. The van der Waals surface area contributed by atoms with E-state index in [1.54, 1.807) is 0 Å². The molecule has 1 saturated carbocycles. The molecule has 0 aliphatic heterocycles. The molecule has 2 rings (SSSR count). The minimum absolute atomic E-state index is 0.00338. The van der Waals surface area contributed by atoms with Gasteiger partial charge in [0.05, 0.1) is 18.4 Å². The lowest BCUT2D eigenvalue weighted by molar-refractivity contribution is -0.119. The van der Waals surface area contributed by atoms with Gasteiger partial charge in [0.15, 0.2) is 5.78 Å². The molecule has 1 aromatic rings. The highest BCUT2D eigenvalue weighted by atomic mass is 35.5. The minimum atomic E-state index is -3.55. The van der Waals surface area contributed by atoms with Gasteiger partial charge in [0.2, 0.25) is 10.0 Å². The third-order valence-electron chi connectivity index (χ3n) is 3.72. The van der Waals surface area contributed by atoms with E-state index in [9.17, 15) is 18.0 Å². The van der Waals surface area contributed by atoms with Gasteiger partial charge >= 0.3 is 0 Å². The van der Waals surface area contributed by atoms with E-state index in [2.05, 4.69) is 0 Å². The monoisotopic (exact) mass is 357 g/mol. The highest BCUT2D eigenvalue weighted by Gasteiger charge is 2.32. The van der Waals surface area contributed by atoms with Crippen LogP contribution in [0.5, 0.6) is 0 Å². The van der Waals surface area contributed by atoms with Crippen molar-refractivity contribution in [1.29, 1.82) is 0 Å². The molecule has 0 aromatic heterocycles. The highest BCUT2D eigenvalue weighted by Crippen LogP contribution is 2.33. The van der Waals surface area contributed by atoms with E-state index in [1.807, 2.05) is 6.92 Å². The van der Waals surface area contributed by atoms with E-state index >= 15 is 0 Å². The number of Topliss-reactive ketones (excluding diaryl/α,β-unsaturated/α-hetero) is 2. The van der Waals surface area contributed by atoms with Crippen molar-refractivity contribution < 1.29 is 18.0 Å². The van der Waals surface area contributed by atoms with Crippen LogP contribution in [0.2, 0.25) is 5.02 Å². The van der Waals surface area contributed by atoms with Crippen LogP contribution in [-0.4, -0.2) is 32.8 Å². The van der Waals surface area contributed by atoms with Crippen molar-refractivity contribution in [1.82, 2.24) is 0 Å². The summed E-state index contributed by atoms with van der Waals surface area (Å²) in [5.74, 6) is -0.438. The van der Waals surface area contributed by atoms with Gasteiger partial charge < -0.3 is 0 Å². The van der Waals surface area contributed by atoms with Crippen molar-refractivity contribution in [2.24, 2.45) is 5.92 Å². The molecule has 0 N–H and O–H groups in total. The number of halogens is 1. The van der Waals surface area contributed by atoms with Gasteiger partial charge in [-0.3, -0.25) is 13.9 Å². The molecule has 0 unspecified atom stereocenters. The standard InChI is InChI=1S/C16H20ClNO4S/c1-3-8-18(23(2,21)22)14-9-12(17)6-7-13(14)16(20)10-15(19)11-4-5-11/h6-7,9,11H,3-5,8,10H2,1-2H3. The van der Waals surface area contributed by atoms with Crippen molar-refractivity contribution in [3.63, 3.8) is 0 Å². The Morgan fingerprint density at radius 3 is 2.48 bits per heavy atom. The molecule has 1 fully saturated rings. The van der Waals surface area contributed by atoms with E-state index in [0.717, 1.165) is 19.1 Å². The van der Waals surface area contributed by atoms with E-state index in [4.69, 9.17) is 11.6 Å². The Morgan fingerprint density at radius 1 is 1.30 bits per heavy atom. The van der Waals surface area contributed by atoms with Gasteiger partial charge in [-0.05, 0) is 37.5 Å². The summed E-state index contributed by atoms with van der Waals surface area (Å²) in [6.45, 7) is 2.09. The molecule has 0 amide bonds. The second kappa shape index (κ2) is 7.01. The Balaban J connectivity index is 2.39. The lowest BCUT2D eigenvalue weighted by Gasteiger charge is -2.24. The van der Waals surface area contributed by atoms with Crippen LogP contribution in [0.3, 0.4) is 0 Å². The first-order chi connectivity index (χ1) is 10.7. The maximum absolute atomic E-state index is 12.5. The van der Waals surface area contributed by atoms with Crippen molar-refractivity contribution in [3.8, 4) is 0 Å². The van der Waals surface area contributed by atoms with Crippen LogP contribution in [-0.2, 0) is 14.8 Å². The fourth-order valence-corrected chi connectivity index (χ4v) is 3.61. The van der Waals surface area contributed by atoms with Crippen LogP contribution in [0.4, 0.5) is 5.69 Å². The minimum Gasteiger partial charge on any atom is -0.299 e. The van der Waals surface area contributed by atoms with Crippen molar-refractivity contribution in [3.05, 3.63) is 28.8 Å². The molecule has 0 heterocycles. The average molecular weight is 358 g/mol. The number of sulfonamides is 1. The summed E-state index contributed by atoms with van der Waals surface area (Å²) in [4.78, 5) is 24.4. The van der Waals surface area contributed by atoms with Gasteiger partial charge in [0.25, 0.3) is 0 Å². The zero-order valence-electron chi connectivity index (χ0n) is 13.2. The molecule has 7 heteroatoms. The zero-order valence-corrected chi connectivity index (χ0v) is 14.8. The number of anilines is 1. The Bertz CT molecular complexity index is 726. The van der Waals surface area contributed by atoms with Crippen molar-refractivity contribution >= 4 is 38.9 Å². The average Bonchev–Trinajstić information content (AvgIpc) is 3.27. The largest absolute Gasteiger partial charge is 0.299 e. The van der Waals surface area contributed by atoms with E-state index < -0.39 is 10.0 Å². The highest BCUT2D eigenvalue weighted by molar-refractivity contribution is 7.92. The molecule has 1 aliphatic rings. The van der Waals surface area contributed by atoms with Gasteiger partial charge in [0.1, 0.15) is 5.78 Å². The molecule has 0 spiro atoms. The number of nitrogens with zero attached hydrogens (tertiary/aromatic N) is 1. The number of hydrogen-bond acceptors (Lipinski definition) is 4. The molecule has 126 valence electrons. The Hall–Kier alpha value is -1.40. The van der Waals surface area contributed by atoms with E-state index in [-0.39, 0.29) is 41.7 Å². The molecule has 1 aliphatic carbocycles. The Labute approximate surface area is 141 Å². The molecule has 0 atom stereocenters. The molecular formula is C16H20ClNO4S. The summed E-state index contributed by atoms with van der Waals surface area (Å²) < 4.78 is 25.3. The fourth-order valence-electron chi connectivity index (χ4n) is 2.42. The number of carbonyl (C=O) groups is 2. The van der Waals surface area contributed by atoms with Gasteiger partial charge in [0, 0.05) is 23.0 Å². The van der Waals surface area contributed by atoms with Gasteiger partial charge in [-0.2, -0.15) is 0 Å². The van der Waals surface area contributed by atoms with Crippen LogP contribution < -0.4 is 4.31 Å². The molecule has 0 bridgehead atoms. The van der Waals surface area contributed by atoms with E-state index in [0.29, 0.717) is 11.4 Å². The maximum Gasteiger partial charge on any atom is 0.232 e. The predicted octanol–water partition coefficient (Wildman–Crippen LogP) is 3.07. The summed E-state index contributed by atoms with van der Waals surface area (Å²) in [6.07, 6.45) is 3.17. The van der Waals surface area contributed by atoms with Gasteiger partial charge in [-0.15, -0.1) is 0 Å². The lowest BCUT2D eigenvalue weighted by Crippen LogP contribution is -2.32. The molecule has 0 radical (unpaired) electrons. The van der Waals surface area contributed by atoms with Crippen LogP contribution in [0.15, 0.2) is 18.2 Å². The summed E-state index contributed by atoms with van der Waals surface area (Å²) in [6, 6.07) is 4.49. The fraction of sp³-hybridized carbons (Fsp3) is 0.500. The van der Waals surface area contributed by atoms with Gasteiger partial charge in [-0.25, -0.2) is 8.42 Å². The van der Waals surface area contributed by atoms with Gasteiger partial charge in [-0.1, -0.05) is 18.5 Å². The zero-order chi connectivity index (χ0) is 17.2. The van der Waals surface area contributed by atoms with Crippen molar-refractivity contribution in [2.45, 2.75) is 32.6 Å². The third-order valence-corrected chi connectivity index (χ3v) is 5.14. The van der Waals surface area contributed by atoms with Crippen LogP contribution in [0.25, 0.3) is 0 Å². The van der Waals surface area contributed by atoms with Crippen LogP contribution >= 0.6 is 11.6 Å². The Morgan fingerprint density at radius 2 is 1.96 bits per heavy atom. The van der Waals surface area contributed by atoms with Crippen molar-refractivity contribution in [2.75, 3.05) is 17.1 Å². The lowest BCUT2D eigenvalue weighted by atomic mass is 10.0. The molecule has 5 nitrogen and oxygen atoms in total. The maximum atomic E-state index is 12.5. The Kier molecular flexibility index (Phi) is 5.47. The molecule has 23 heavy (non-hydrogen) atoms. The number of ketones is 2. The predicted molar refractivity (Wildman–Crippen MR) is 90.6 cm³/mol. The van der Waals surface area contributed by atoms with Crippen LogP contribution in [0, 0.1) is 5.92 Å². The summed E-state index contributed by atoms with van der Waals surface area (Å²) in [5.41, 5.74) is 0.470. The first-order valence-electron chi connectivity index (χ1n) is 7.57. The second-order valence-corrected chi connectivity index (χ2v) is 8.18. The summed E-state index contributed by atoms with van der Waals surface area (Å²) >= 11 is 5.98. The molecule has 1 aromatic carbocycles. The smallest absolute Gasteiger partial charge is 0.232 e. The second-order valence-electron chi connectivity index (χ2n) is 5.84. The normalized spacial score (nSPS) is 14.6. The summed E-state index contributed by atoms with van der Waals surface area (Å²) in [7, 11) is -3.55. The number of benzene rings is 1. The first kappa shape index (κ1) is 17.9. The number of hydrogen-bond donors (Lipinski definition) is 0. The SMILES string of the molecule is CCCN(c1cc(Cl)ccc1C(=O)CC(=O)C1CC1)S(C)(=O)=O. The van der Waals surface area contributed by atoms with E-state index in [1.165, 1.54) is 22.5 Å².